The quantitative estimate of drug-likeness (QED) is 0.0525. The third kappa shape index (κ3) is 15.3. The van der Waals surface area contributed by atoms with Gasteiger partial charge in [-0.05, 0) is 132 Å². The average Bonchev–Trinajstić information content (AvgIpc) is 3.12. The largest absolute Gasteiger partial charge is 0.465 e. The van der Waals surface area contributed by atoms with Gasteiger partial charge < -0.3 is 9.47 Å². The summed E-state index contributed by atoms with van der Waals surface area (Å²) in [7, 11) is 2.67. The van der Waals surface area contributed by atoms with E-state index in [0.29, 0.717) is 40.7 Å². The highest BCUT2D eigenvalue weighted by atomic mass is 127. The minimum absolute atomic E-state index is 0. The average molecular weight is 829 g/mol. The lowest BCUT2D eigenvalue weighted by Gasteiger charge is -2.04. The number of carbonyl (C=O) groups excluding carboxylic acids is 2. The molecule has 0 aliphatic carbocycles. The molecule has 0 N–H and O–H groups in total. The fourth-order valence-corrected chi connectivity index (χ4v) is 4.96. The van der Waals surface area contributed by atoms with Gasteiger partial charge >= 0.3 is 11.9 Å². The number of benzene rings is 4. The Hall–Kier alpha value is -4.61. The number of terminal acetylenes is 1. The number of hydrogen-bond donors (Lipinski definition) is 0. The van der Waals surface area contributed by atoms with E-state index in [9.17, 15) is 27.2 Å². The Morgan fingerprint density at radius 2 is 1.02 bits per heavy atom. The van der Waals surface area contributed by atoms with E-state index in [1.165, 1.54) is 38.5 Å². The molecule has 0 amide bonds. The molecule has 0 spiro atoms. The van der Waals surface area contributed by atoms with E-state index >= 15 is 0 Å². The van der Waals surface area contributed by atoms with Crippen LogP contribution >= 0.6 is 22.6 Å². The second-order valence-electron chi connectivity index (χ2n) is 11.2. The van der Waals surface area contributed by atoms with Gasteiger partial charge in [-0.25, -0.2) is 27.2 Å². The SMILES string of the molecule is C.C#Cc1c(F)cc(CCCCC)cc1F.CCCCCc1cc(F)c(C#Cc2ccc(C(=O)OC)cc2)c(F)c1.COC(=O)c1ccc(I)cc1. The predicted octanol–water partition coefficient (Wildman–Crippen LogP) is 11.3. The number of unbranched alkanes of at least 4 members (excludes halogenated alkanes) is 4. The smallest absolute Gasteiger partial charge is 0.337 e. The van der Waals surface area contributed by atoms with Gasteiger partial charge in [0.2, 0.25) is 0 Å². The third-order valence-corrected chi connectivity index (χ3v) is 8.11. The van der Waals surface area contributed by atoms with Crippen molar-refractivity contribution in [2.75, 3.05) is 14.2 Å². The van der Waals surface area contributed by atoms with Gasteiger partial charge in [0.25, 0.3) is 0 Å². The van der Waals surface area contributed by atoms with Crippen LogP contribution in [0.25, 0.3) is 0 Å². The molecule has 0 atom stereocenters. The van der Waals surface area contributed by atoms with Crippen molar-refractivity contribution < 1.29 is 36.6 Å². The molecular weight excluding hydrogens is 783 g/mol. The maximum atomic E-state index is 14.1. The third-order valence-electron chi connectivity index (χ3n) is 7.39. The maximum Gasteiger partial charge on any atom is 0.337 e. The number of hydrogen-bond acceptors (Lipinski definition) is 4. The van der Waals surface area contributed by atoms with Crippen LogP contribution in [0.15, 0.2) is 72.8 Å². The van der Waals surface area contributed by atoms with E-state index in [4.69, 9.17) is 6.42 Å². The molecule has 0 saturated heterocycles. The van der Waals surface area contributed by atoms with Crippen LogP contribution in [0.3, 0.4) is 0 Å². The summed E-state index contributed by atoms with van der Waals surface area (Å²) >= 11 is 2.18. The first-order chi connectivity index (χ1) is 24.5. The molecule has 4 nitrogen and oxygen atoms in total. The van der Waals surface area contributed by atoms with Gasteiger partial charge in [-0.3, -0.25) is 0 Å². The first-order valence-electron chi connectivity index (χ1n) is 16.4. The summed E-state index contributed by atoms with van der Waals surface area (Å²) in [4.78, 5) is 22.3. The summed E-state index contributed by atoms with van der Waals surface area (Å²) in [6.45, 7) is 4.17. The van der Waals surface area contributed by atoms with Crippen LogP contribution in [0.1, 0.15) is 108 Å². The number of halogens is 5. The number of esters is 2. The van der Waals surface area contributed by atoms with E-state index in [-0.39, 0.29) is 24.5 Å². The summed E-state index contributed by atoms with van der Waals surface area (Å²) in [6.07, 6.45) is 12.5. The van der Waals surface area contributed by atoms with Gasteiger partial charge in [-0.1, -0.05) is 64.7 Å². The minimum atomic E-state index is -0.648. The standard InChI is InChI=1S/C21H20F2O2.C13H14F2.C8H7IO2.CH4/c1-3-4-5-6-16-13-19(22)18(20(23)14-16)12-9-15-7-10-17(11-8-15)21(24)25-2;1-3-5-6-7-10-8-12(14)11(4-2)13(15)9-10;1-11-8(10)6-2-4-7(9)5-3-6;/h7-8,10-11,13-14H,3-6H2,1-2H3;2,8-9H,3,5-7H2,1H3;2-5H,1H3;1H4. The van der Waals surface area contributed by atoms with E-state index < -0.39 is 29.2 Å². The van der Waals surface area contributed by atoms with Crippen molar-refractivity contribution >= 4 is 34.5 Å². The Morgan fingerprint density at radius 1 is 0.635 bits per heavy atom. The predicted molar refractivity (Wildman–Crippen MR) is 208 cm³/mol. The van der Waals surface area contributed by atoms with Crippen LogP contribution in [0.2, 0.25) is 0 Å². The lowest BCUT2D eigenvalue weighted by molar-refractivity contribution is 0.0592. The van der Waals surface area contributed by atoms with Gasteiger partial charge in [0.05, 0.1) is 36.5 Å². The van der Waals surface area contributed by atoms with Crippen molar-refractivity contribution in [3.05, 3.63) is 139 Å². The topological polar surface area (TPSA) is 52.6 Å². The summed E-state index contributed by atoms with van der Waals surface area (Å²) in [5.74, 6) is 3.96. The molecule has 0 aliphatic heterocycles. The molecule has 0 saturated carbocycles. The second-order valence-corrected chi connectivity index (χ2v) is 12.5. The van der Waals surface area contributed by atoms with Crippen LogP contribution in [-0.4, -0.2) is 26.2 Å². The molecule has 0 bridgehead atoms. The summed E-state index contributed by atoms with van der Waals surface area (Å²) in [5, 5.41) is 0. The van der Waals surface area contributed by atoms with Crippen molar-refractivity contribution in [3.63, 3.8) is 0 Å². The highest BCUT2D eigenvalue weighted by Crippen LogP contribution is 2.18. The van der Waals surface area contributed by atoms with Crippen molar-refractivity contribution in [3.8, 4) is 24.2 Å². The lowest BCUT2D eigenvalue weighted by Crippen LogP contribution is -2.00. The fourth-order valence-electron chi connectivity index (χ4n) is 4.60. The fraction of sp³-hybridized carbons (Fsp3) is 0.302. The Balaban J connectivity index is 0.000000426. The number of aryl methyl sites for hydroxylation is 2. The number of ether oxygens (including phenoxy) is 2. The van der Waals surface area contributed by atoms with Gasteiger partial charge in [0.15, 0.2) is 0 Å². The van der Waals surface area contributed by atoms with Gasteiger partial charge in [-0.15, -0.1) is 6.42 Å². The molecule has 0 aliphatic rings. The van der Waals surface area contributed by atoms with Crippen molar-refractivity contribution in [1.82, 2.24) is 0 Å². The molecule has 4 aromatic rings. The molecule has 0 unspecified atom stereocenters. The van der Waals surface area contributed by atoms with Gasteiger partial charge in [-0.2, -0.15) is 0 Å². The monoisotopic (exact) mass is 828 g/mol. The molecule has 4 rings (SSSR count). The molecule has 276 valence electrons. The number of carbonyl (C=O) groups is 2. The van der Waals surface area contributed by atoms with Crippen LogP contribution in [0.5, 0.6) is 0 Å². The maximum absolute atomic E-state index is 14.1. The normalized spacial score (nSPS) is 9.69. The van der Waals surface area contributed by atoms with Crippen LogP contribution < -0.4 is 0 Å². The van der Waals surface area contributed by atoms with E-state index in [1.54, 1.807) is 36.4 Å². The molecule has 4 aromatic carbocycles. The zero-order chi connectivity index (χ0) is 37.8. The first-order valence-corrected chi connectivity index (χ1v) is 17.5. The zero-order valence-corrected chi connectivity index (χ0v) is 31.3. The molecule has 0 aromatic heterocycles. The Labute approximate surface area is 319 Å². The van der Waals surface area contributed by atoms with Crippen molar-refractivity contribution in [2.45, 2.75) is 72.6 Å². The highest BCUT2D eigenvalue weighted by Gasteiger charge is 2.10. The van der Waals surface area contributed by atoms with Crippen LogP contribution in [-0.2, 0) is 22.3 Å². The summed E-state index contributed by atoms with van der Waals surface area (Å²) in [5.41, 5.74) is 2.35. The molecule has 52 heavy (non-hydrogen) atoms. The lowest BCUT2D eigenvalue weighted by atomic mass is 10.0. The Morgan fingerprint density at radius 3 is 1.38 bits per heavy atom. The Bertz CT molecular complexity index is 1790. The van der Waals surface area contributed by atoms with E-state index in [0.717, 1.165) is 42.1 Å². The number of rotatable bonds is 10. The molecule has 9 heteroatoms. The molecule has 0 fully saturated rings. The van der Waals surface area contributed by atoms with Crippen molar-refractivity contribution in [1.29, 1.82) is 0 Å². The summed E-state index contributed by atoms with van der Waals surface area (Å²) < 4.78 is 65.0. The number of methoxy groups -OCH3 is 2. The summed E-state index contributed by atoms with van der Waals surface area (Å²) in [6, 6.07) is 18.9. The van der Waals surface area contributed by atoms with Crippen molar-refractivity contribution in [2.24, 2.45) is 0 Å². The van der Waals surface area contributed by atoms with E-state index in [1.807, 2.05) is 18.1 Å². The molecular formula is C43H45F4IO4. The zero-order valence-electron chi connectivity index (χ0n) is 29.2. The van der Waals surface area contributed by atoms with Crippen LogP contribution in [0.4, 0.5) is 17.6 Å². The van der Waals surface area contributed by atoms with E-state index in [2.05, 4.69) is 57.8 Å². The molecule has 0 heterocycles. The Kier molecular flexibility index (Phi) is 21.4. The first kappa shape index (κ1) is 45.4. The van der Waals surface area contributed by atoms with Crippen LogP contribution in [0, 0.1) is 51.0 Å². The highest BCUT2D eigenvalue weighted by molar-refractivity contribution is 14.1. The second kappa shape index (κ2) is 24.6. The minimum Gasteiger partial charge on any atom is -0.465 e. The van der Waals surface area contributed by atoms with Gasteiger partial charge in [0, 0.05) is 9.13 Å². The van der Waals surface area contributed by atoms with Gasteiger partial charge in [0.1, 0.15) is 23.3 Å². The molecule has 0 radical (unpaired) electrons.